The fraction of sp³-hybridized carbons (Fsp3) is 0.308. The van der Waals surface area contributed by atoms with Crippen molar-refractivity contribution in [3.63, 3.8) is 0 Å². The summed E-state index contributed by atoms with van der Waals surface area (Å²) in [6, 6.07) is 16.7. The zero-order chi connectivity index (χ0) is 25.0. The summed E-state index contributed by atoms with van der Waals surface area (Å²) in [6.45, 7) is 2.69. The number of hydrogen-bond donors (Lipinski definition) is 1. The van der Waals surface area contributed by atoms with Crippen LogP contribution in [0.1, 0.15) is 39.9 Å². The predicted octanol–water partition coefficient (Wildman–Crippen LogP) is 3.25. The molecule has 9 nitrogen and oxygen atoms in total. The van der Waals surface area contributed by atoms with E-state index in [1.807, 2.05) is 36.4 Å². The van der Waals surface area contributed by atoms with E-state index in [2.05, 4.69) is 15.3 Å². The van der Waals surface area contributed by atoms with Gasteiger partial charge in [0.05, 0.1) is 36.9 Å². The molecule has 0 spiro atoms. The van der Waals surface area contributed by atoms with Crippen molar-refractivity contribution in [1.29, 1.82) is 0 Å². The fourth-order valence-electron chi connectivity index (χ4n) is 3.28. The van der Waals surface area contributed by atoms with Crippen LogP contribution in [0.15, 0.2) is 54.6 Å². The van der Waals surface area contributed by atoms with Crippen LogP contribution in [0.2, 0.25) is 0 Å². The van der Waals surface area contributed by atoms with Gasteiger partial charge in [0, 0.05) is 32.5 Å². The van der Waals surface area contributed by atoms with Crippen LogP contribution in [0.3, 0.4) is 0 Å². The van der Waals surface area contributed by atoms with Gasteiger partial charge in [0.1, 0.15) is 19.0 Å². The number of methoxy groups -OCH3 is 2. The maximum absolute atomic E-state index is 12.0. The Bertz CT molecular complexity index is 1140. The van der Waals surface area contributed by atoms with Gasteiger partial charge in [-0.15, -0.1) is 0 Å². The lowest BCUT2D eigenvalue weighted by atomic mass is 10.2. The van der Waals surface area contributed by atoms with E-state index in [1.165, 1.54) is 14.0 Å². The number of pyridine rings is 2. The largest absolute Gasteiger partial charge is 0.487 e. The Hall–Kier alpha value is -3.98. The summed E-state index contributed by atoms with van der Waals surface area (Å²) in [6.07, 6.45) is 0.582. The fourth-order valence-corrected chi connectivity index (χ4v) is 3.28. The molecule has 0 bridgehead atoms. The molecule has 0 amide bonds. The van der Waals surface area contributed by atoms with E-state index in [9.17, 15) is 9.59 Å². The van der Waals surface area contributed by atoms with Gasteiger partial charge in [0.2, 0.25) is 5.88 Å². The molecular weight excluding hydrogens is 450 g/mol. The molecule has 184 valence electrons. The van der Waals surface area contributed by atoms with Crippen LogP contribution in [0, 0.1) is 0 Å². The number of aromatic nitrogens is 2. The van der Waals surface area contributed by atoms with E-state index in [0.29, 0.717) is 54.7 Å². The van der Waals surface area contributed by atoms with Crippen molar-refractivity contribution in [1.82, 2.24) is 15.3 Å². The summed E-state index contributed by atoms with van der Waals surface area (Å²) < 4.78 is 21.1. The molecule has 2 aromatic heterocycles. The third-order valence-electron chi connectivity index (χ3n) is 4.97. The molecule has 0 aliphatic carbocycles. The van der Waals surface area contributed by atoms with Gasteiger partial charge < -0.3 is 24.3 Å². The first kappa shape index (κ1) is 25.6. The highest BCUT2D eigenvalue weighted by molar-refractivity contribution is 5.89. The minimum absolute atomic E-state index is 0.0248. The summed E-state index contributed by atoms with van der Waals surface area (Å²) >= 11 is 0. The molecular formula is C26H29N3O6. The normalized spacial score (nSPS) is 10.5. The quantitative estimate of drug-likeness (QED) is 0.309. The highest BCUT2D eigenvalue weighted by atomic mass is 16.5. The SMILES string of the molecule is COC(=O)c1cc(CNCCc2nc(OC)ccc2OCc2ccccc2)nc(COC(C)=O)c1. The highest BCUT2D eigenvalue weighted by Gasteiger charge is 2.12. The van der Waals surface area contributed by atoms with E-state index < -0.39 is 11.9 Å². The Morgan fingerprint density at radius 2 is 1.71 bits per heavy atom. The lowest BCUT2D eigenvalue weighted by Crippen LogP contribution is -2.19. The second-order valence-corrected chi connectivity index (χ2v) is 7.61. The van der Waals surface area contributed by atoms with Crippen LogP contribution in [-0.2, 0) is 40.4 Å². The van der Waals surface area contributed by atoms with Crippen LogP contribution >= 0.6 is 0 Å². The zero-order valence-electron chi connectivity index (χ0n) is 20.1. The van der Waals surface area contributed by atoms with Gasteiger partial charge in [-0.3, -0.25) is 9.78 Å². The molecule has 3 aromatic rings. The Labute approximate surface area is 204 Å². The minimum atomic E-state index is -0.487. The number of carbonyl (C=O) groups is 2. The zero-order valence-corrected chi connectivity index (χ0v) is 20.1. The first-order chi connectivity index (χ1) is 17.0. The number of benzene rings is 1. The van der Waals surface area contributed by atoms with Gasteiger partial charge in [-0.1, -0.05) is 30.3 Å². The Kier molecular flexibility index (Phi) is 9.56. The van der Waals surface area contributed by atoms with E-state index in [-0.39, 0.29) is 6.61 Å². The lowest BCUT2D eigenvalue weighted by Gasteiger charge is -2.13. The molecule has 0 radical (unpaired) electrons. The van der Waals surface area contributed by atoms with Crippen molar-refractivity contribution in [3.05, 3.63) is 82.8 Å². The summed E-state index contributed by atoms with van der Waals surface area (Å²) in [5.74, 6) is 0.282. The molecule has 0 saturated heterocycles. The Morgan fingerprint density at radius 1 is 0.943 bits per heavy atom. The van der Waals surface area contributed by atoms with E-state index in [4.69, 9.17) is 18.9 Å². The second-order valence-electron chi connectivity index (χ2n) is 7.61. The van der Waals surface area contributed by atoms with Crippen LogP contribution in [0.25, 0.3) is 0 Å². The molecule has 0 aliphatic heterocycles. The smallest absolute Gasteiger partial charge is 0.337 e. The maximum atomic E-state index is 12.0. The van der Waals surface area contributed by atoms with Gasteiger partial charge in [-0.05, 0) is 23.8 Å². The maximum Gasteiger partial charge on any atom is 0.337 e. The van der Waals surface area contributed by atoms with Gasteiger partial charge >= 0.3 is 11.9 Å². The van der Waals surface area contributed by atoms with Crippen molar-refractivity contribution in [2.45, 2.75) is 33.1 Å². The first-order valence-electron chi connectivity index (χ1n) is 11.1. The van der Waals surface area contributed by atoms with Gasteiger partial charge in [0.15, 0.2) is 0 Å². The molecule has 3 rings (SSSR count). The molecule has 0 atom stereocenters. The predicted molar refractivity (Wildman–Crippen MR) is 128 cm³/mol. The molecule has 1 N–H and O–H groups in total. The average Bonchev–Trinajstić information content (AvgIpc) is 2.89. The molecule has 35 heavy (non-hydrogen) atoms. The van der Waals surface area contributed by atoms with Gasteiger partial charge in [-0.2, -0.15) is 0 Å². The third kappa shape index (κ3) is 8.08. The number of nitrogens with one attached hydrogen (secondary N) is 1. The van der Waals surface area contributed by atoms with Gasteiger partial charge in [-0.25, -0.2) is 9.78 Å². The van der Waals surface area contributed by atoms with Crippen molar-refractivity contribution < 1.29 is 28.5 Å². The topological polar surface area (TPSA) is 109 Å². The van der Waals surface area contributed by atoms with Crippen LogP contribution in [-0.4, -0.2) is 42.7 Å². The first-order valence-corrected chi connectivity index (χ1v) is 11.1. The molecule has 0 fully saturated rings. The number of carbonyl (C=O) groups excluding carboxylic acids is 2. The van der Waals surface area contributed by atoms with Gasteiger partial charge in [0.25, 0.3) is 0 Å². The summed E-state index contributed by atoms with van der Waals surface area (Å²) in [5, 5.41) is 3.31. The number of nitrogens with zero attached hydrogens (tertiary/aromatic N) is 2. The molecule has 0 saturated carbocycles. The van der Waals surface area contributed by atoms with E-state index in [0.717, 1.165) is 11.3 Å². The molecule has 2 heterocycles. The molecule has 9 heteroatoms. The monoisotopic (exact) mass is 479 g/mol. The third-order valence-corrected chi connectivity index (χ3v) is 4.97. The second kappa shape index (κ2) is 13.0. The number of ether oxygens (including phenoxy) is 4. The van der Waals surface area contributed by atoms with Crippen molar-refractivity contribution >= 4 is 11.9 Å². The van der Waals surface area contributed by atoms with Crippen molar-refractivity contribution in [3.8, 4) is 11.6 Å². The molecule has 1 aromatic carbocycles. The summed E-state index contributed by atoms with van der Waals surface area (Å²) in [4.78, 5) is 32.2. The van der Waals surface area contributed by atoms with Crippen LogP contribution in [0.5, 0.6) is 11.6 Å². The minimum Gasteiger partial charge on any atom is -0.487 e. The summed E-state index contributed by atoms with van der Waals surface area (Å²) in [7, 11) is 2.88. The summed E-state index contributed by atoms with van der Waals surface area (Å²) in [5.41, 5.74) is 3.25. The molecule has 0 aliphatic rings. The van der Waals surface area contributed by atoms with Crippen molar-refractivity contribution in [2.24, 2.45) is 0 Å². The number of esters is 2. The standard InChI is InChI=1S/C26H29N3O6/c1-18(30)34-17-22-14-20(26(31)33-3)13-21(28-22)15-27-12-11-23-24(9-10-25(29-23)32-2)35-16-19-7-5-4-6-8-19/h4-10,13-14,27H,11-12,15-17H2,1-3H3. The molecule has 0 unspecified atom stereocenters. The highest BCUT2D eigenvalue weighted by Crippen LogP contribution is 2.22. The van der Waals surface area contributed by atoms with Crippen LogP contribution in [0.4, 0.5) is 0 Å². The Balaban J connectivity index is 1.63. The van der Waals surface area contributed by atoms with Crippen molar-refractivity contribution in [2.75, 3.05) is 20.8 Å². The number of rotatable bonds is 12. The average molecular weight is 480 g/mol. The van der Waals surface area contributed by atoms with Crippen LogP contribution < -0.4 is 14.8 Å². The lowest BCUT2D eigenvalue weighted by molar-refractivity contribution is -0.142. The van der Waals surface area contributed by atoms with E-state index in [1.54, 1.807) is 25.3 Å². The van der Waals surface area contributed by atoms with E-state index >= 15 is 0 Å². The Morgan fingerprint density at radius 3 is 2.43 bits per heavy atom. The number of hydrogen-bond acceptors (Lipinski definition) is 9.